The first-order valence-electron chi connectivity index (χ1n) is 4.58. The maximum absolute atomic E-state index is 9.62. The number of benzene rings is 1. The molecule has 1 aromatic carbocycles. The lowest BCUT2D eigenvalue weighted by Gasteiger charge is -2.00. The molecule has 0 aliphatic rings. The lowest BCUT2D eigenvalue weighted by atomic mass is 10.1. The Morgan fingerprint density at radius 2 is 2.07 bits per heavy atom. The third-order valence-electron chi connectivity index (χ3n) is 2.12. The molecule has 2 N–H and O–H groups in total. The van der Waals surface area contributed by atoms with Crippen LogP contribution in [-0.2, 0) is 6.61 Å². The number of aryl methyl sites for hydroxylation is 1. The molecule has 0 bridgehead atoms. The normalized spacial score (nSPS) is 10.5. The van der Waals surface area contributed by atoms with E-state index >= 15 is 0 Å². The van der Waals surface area contributed by atoms with Crippen LogP contribution in [0.1, 0.15) is 11.6 Å². The quantitative estimate of drug-likeness (QED) is 0.785. The molecular formula is C11H11NO3. The van der Waals surface area contributed by atoms with Gasteiger partial charge in [0.2, 0.25) is 5.89 Å². The highest BCUT2D eigenvalue weighted by molar-refractivity contribution is 5.66. The van der Waals surface area contributed by atoms with Crippen LogP contribution in [0.5, 0.6) is 5.75 Å². The van der Waals surface area contributed by atoms with Crippen LogP contribution >= 0.6 is 0 Å². The monoisotopic (exact) mass is 205 g/mol. The van der Waals surface area contributed by atoms with Gasteiger partial charge in [-0.05, 0) is 19.1 Å². The summed E-state index contributed by atoms with van der Waals surface area (Å²) in [5.41, 5.74) is 1.24. The van der Waals surface area contributed by atoms with E-state index in [2.05, 4.69) is 4.98 Å². The summed E-state index contributed by atoms with van der Waals surface area (Å²) in [4.78, 5) is 4.02. The summed E-state index contributed by atoms with van der Waals surface area (Å²) in [6, 6.07) is 6.85. The smallest absolute Gasteiger partial charge is 0.220 e. The molecule has 1 aromatic heterocycles. The molecule has 0 amide bonds. The van der Waals surface area contributed by atoms with Gasteiger partial charge in [-0.2, -0.15) is 0 Å². The van der Waals surface area contributed by atoms with Crippen LogP contribution in [0.25, 0.3) is 11.3 Å². The van der Waals surface area contributed by atoms with E-state index in [0.717, 1.165) is 0 Å². The molecule has 15 heavy (non-hydrogen) atoms. The van der Waals surface area contributed by atoms with Crippen LogP contribution in [0.2, 0.25) is 0 Å². The Hall–Kier alpha value is -1.81. The van der Waals surface area contributed by atoms with E-state index in [1.54, 1.807) is 31.2 Å². The minimum absolute atomic E-state index is 0.140. The average molecular weight is 205 g/mol. The molecule has 2 rings (SSSR count). The second-order valence-electron chi connectivity index (χ2n) is 3.20. The summed E-state index contributed by atoms with van der Waals surface area (Å²) >= 11 is 0. The molecule has 0 atom stereocenters. The van der Waals surface area contributed by atoms with Crippen molar-refractivity contribution in [1.82, 2.24) is 4.98 Å². The van der Waals surface area contributed by atoms with Gasteiger partial charge >= 0.3 is 0 Å². The molecule has 2 aromatic rings. The molecule has 0 unspecified atom stereocenters. The number of phenols is 1. The summed E-state index contributed by atoms with van der Waals surface area (Å²) in [5, 5.41) is 18.5. The van der Waals surface area contributed by atoms with Gasteiger partial charge in [0.25, 0.3) is 0 Å². The Bertz CT molecular complexity index is 476. The summed E-state index contributed by atoms with van der Waals surface area (Å²) in [5.74, 6) is 0.893. The van der Waals surface area contributed by atoms with Crippen LogP contribution in [0.3, 0.4) is 0 Å². The van der Waals surface area contributed by atoms with Crippen LogP contribution in [0, 0.1) is 6.92 Å². The lowest BCUT2D eigenvalue weighted by Crippen LogP contribution is -1.80. The molecule has 4 nitrogen and oxygen atoms in total. The van der Waals surface area contributed by atoms with Crippen molar-refractivity contribution < 1.29 is 14.6 Å². The Morgan fingerprint density at radius 1 is 1.33 bits per heavy atom. The molecular weight excluding hydrogens is 194 g/mol. The highest BCUT2D eigenvalue weighted by Gasteiger charge is 2.13. The second kappa shape index (κ2) is 3.74. The molecule has 0 aliphatic carbocycles. The topological polar surface area (TPSA) is 66.5 Å². The fraction of sp³-hybridized carbons (Fsp3) is 0.182. The van der Waals surface area contributed by atoms with Gasteiger partial charge < -0.3 is 14.6 Å². The van der Waals surface area contributed by atoms with Gasteiger partial charge in [-0.3, -0.25) is 0 Å². The van der Waals surface area contributed by atoms with E-state index in [-0.39, 0.29) is 18.2 Å². The third-order valence-corrected chi connectivity index (χ3v) is 2.12. The van der Waals surface area contributed by atoms with Crippen molar-refractivity contribution in [1.29, 1.82) is 0 Å². The number of oxazole rings is 1. The SMILES string of the molecule is Cc1nc(CO)oc1-c1ccccc1O. The fourth-order valence-corrected chi connectivity index (χ4v) is 1.44. The zero-order valence-electron chi connectivity index (χ0n) is 8.27. The number of hydrogen-bond donors (Lipinski definition) is 2. The summed E-state index contributed by atoms with van der Waals surface area (Å²) in [6.07, 6.45) is 0. The van der Waals surface area contributed by atoms with E-state index < -0.39 is 0 Å². The van der Waals surface area contributed by atoms with Crippen LogP contribution < -0.4 is 0 Å². The molecule has 0 radical (unpaired) electrons. The maximum Gasteiger partial charge on any atom is 0.220 e. The van der Waals surface area contributed by atoms with E-state index in [4.69, 9.17) is 9.52 Å². The number of aromatic nitrogens is 1. The number of hydrogen-bond acceptors (Lipinski definition) is 4. The Labute approximate surface area is 86.8 Å². The molecule has 0 fully saturated rings. The average Bonchev–Trinajstić information content (AvgIpc) is 2.60. The van der Waals surface area contributed by atoms with Crippen molar-refractivity contribution in [3.05, 3.63) is 35.9 Å². The predicted molar refractivity (Wildman–Crippen MR) is 54.3 cm³/mol. The number of rotatable bonds is 2. The zero-order valence-corrected chi connectivity index (χ0v) is 8.27. The number of para-hydroxylation sites is 1. The Kier molecular flexibility index (Phi) is 2.43. The Morgan fingerprint density at radius 3 is 2.67 bits per heavy atom. The van der Waals surface area contributed by atoms with Crippen LogP contribution in [-0.4, -0.2) is 15.2 Å². The van der Waals surface area contributed by atoms with Crippen LogP contribution in [0.4, 0.5) is 0 Å². The van der Waals surface area contributed by atoms with E-state index in [9.17, 15) is 5.11 Å². The summed E-state index contributed by atoms with van der Waals surface area (Å²) < 4.78 is 5.31. The lowest BCUT2D eigenvalue weighted by molar-refractivity contribution is 0.241. The summed E-state index contributed by atoms with van der Waals surface area (Å²) in [6.45, 7) is 1.53. The minimum Gasteiger partial charge on any atom is -0.507 e. The van der Waals surface area contributed by atoms with E-state index in [1.165, 1.54) is 0 Å². The van der Waals surface area contributed by atoms with Gasteiger partial charge in [-0.1, -0.05) is 12.1 Å². The standard InChI is InChI=1S/C11H11NO3/c1-7-11(15-10(6-13)12-7)8-4-2-3-5-9(8)14/h2-5,13-14H,6H2,1H3. The minimum atomic E-state index is -0.242. The highest BCUT2D eigenvalue weighted by atomic mass is 16.4. The van der Waals surface area contributed by atoms with Gasteiger partial charge in [-0.15, -0.1) is 0 Å². The number of aromatic hydroxyl groups is 1. The number of aliphatic hydroxyl groups excluding tert-OH is 1. The van der Waals surface area contributed by atoms with Gasteiger partial charge in [0.15, 0.2) is 5.76 Å². The molecule has 0 saturated heterocycles. The third kappa shape index (κ3) is 1.71. The first-order valence-corrected chi connectivity index (χ1v) is 4.58. The largest absolute Gasteiger partial charge is 0.507 e. The van der Waals surface area contributed by atoms with Crippen molar-refractivity contribution in [2.75, 3.05) is 0 Å². The second-order valence-corrected chi connectivity index (χ2v) is 3.20. The molecule has 4 heteroatoms. The number of phenolic OH excluding ortho intramolecular Hbond substituents is 1. The maximum atomic E-state index is 9.62. The van der Waals surface area contributed by atoms with E-state index in [0.29, 0.717) is 17.0 Å². The first kappa shape index (κ1) is 9.73. The van der Waals surface area contributed by atoms with Gasteiger partial charge in [0.1, 0.15) is 12.4 Å². The van der Waals surface area contributed by atoms with Crippen LogP contribution in [0.15, 0.2) is 28.7 Å². The highest BCUT2D eigenvalue weighted by Crippen LogP contribution is 2.31. The Balaban J connectivity index is 2.54. The molecule has 0 spiro atoms. The van der Waals surface area contributed by atoms with Crippen molar-refractivity contribution in [2.24, 2.45) is 0 Å². The fourth-order valence-electron chi connectivity index (χ4n) is 1.44. The first-order chi connectivity index (χ1) is 7.22. The number of nitrogens with zero attached hydrogens (tertiary/aromatic N) is 1. The van der Waals surface area contributed by atoms with E-state index in [1.807, 2.05) is 0 Å². The molecule has 78 valence electrons. The van der Waals surface area contributed by atoms with Gasteiger partial charge in [-0.25, -0.2) is 4.98 Å². The molecule has 0 saturated carbocycles. The number of aliphatic hydroxyl groups is 1. The van der Waals surface area contributed by atoms with Crippen molar-refractivity contribution in [3.63, 3.8) is 0 Å². The van der Waals surface area contributed by atoms with Gasteiger partial charge in [0, 0.05) is 0 Å². The molecule has 0 aliphatic heterocycles. The van der Waals surface area contributed by atoms with Crippen molar-refractivity contribution in [2.45, 2.75) is 13.5 Å². The zero-order chi connectivity index (χ0) is 10.8. The summed E-state index contributed by atoms with van der Waals surface area (Å²) in [7, 11) is 0. The predicted octanol–water partition coefficient (Wildman–Crippen LogP) is 1.85. The van der Waals surface area contributed by atoms with Gasteiger partial charge in [0.05, 0.1) is 11.3 Å². The van der Waals surface area contributed by atoms with Crippen molar-refractivity contribution in [3.8, 4) is 17.1 Å². The van der Waals surface area contributed by atoms with Crippen molar-refractivity contribution >= 4 is 0 Å². The molecule has 1 heterocycles.